The molecule has 0 bridgehead atoms. The van der Waals surface area contributed by atoms with Gasteiger partial charge in [-0.15, -0.1) is 0 Å². The number of allylic oxidation sites excluding steroid dienone is 9. The smallest absolute Gasteiger partial charge is 0.161 e. The standard InChI is InChI=1S/C45H59N3O/c1-6-12-37(31-34(2)3)14-9-7-8-13-36-18-23-39(24-19-36)42-22-17-35(4)43(32-42)44(27-28-47-5)48-29-10-15-40(16-11-30-48)45(49)41-25-20-38(33-46)21-26-41/h8,13-15,18-19,22-24,27-28,32,34,38,41H,4,6-7,9-12,16-17,20-21,25-26,29-31H2,1-3,5H3/b13-8+,37-14+,40-15-,44-27+,47-28?. The number of unbranched alkanes of at least 4 members (excludes halogenated alkanes) is 1. The Morgan fingerprint density at radius 1 is 1.10 bits per heavy atom. The number of benzene rings is 1. The second-order valence-corrected chi connectivity index (χ2v) is 14.4. The number of carbonyl (C=O) groups is 1. The number of nitriles is 1. The zero-order valence-corrected chi connectivity index (χ0v) is 30.7. The highest BCUT2D eigenvalue weighted by Gasteiger charge is 2.28. The van der Waals surface area contributed by atoms with Crippen LogP contribution in [0, 0.1) is 29.1 Å². The molecule has 0 saturated heterocycles. The summed E-state index contributed by atoms with van der Waals surface area (Å²) < 4.78 is 0. The van der Waals surface area contributed by atoms with Crippen LogP contribution in [0.15, 0.2) is 100 Å². The van der Waals surface area contributed by atoms with Crippen molar-refractivity contribution in [3.05, 3.63) is 106 Å². The van der Waals surface area contributed by atoms with Crippen LogP contribution in [0.3, 0.4) is 0 Å². The molecule has 0 N–H and O–H groups in total. The maximum absolute atomic E-state index is 13.4. The van der Waals surface area contributed by atoms with E-state index in [0.717, 1.165) is 100 Å². The van der Waals surface area contributed by atoms with E-state index < -0.39 is 0 Å². The second kappa shape index (κ2) is 19.9. The Bertz CT molecular complexity index is 1530. The Morgan fingerprint density at radius 3 is 2.57 bits per heavy atom. The van der Waals surface area contributed by atoms with Crippen molar-refractivity contribution in [3.8, 4) is 6.07 Å². The van der Waals surface area contributed by atoms with Crippen molar-refractivity contribution in [2.24, 2.45) is 22.7 Å². The Labute approximate surface area is 297 Å². The molecule has 3 aliphatic rings. The predicted octanol–water partition coefficient (Wildman–Crippen LogP) is 11.4. The number of aliphatic imine (C=N–C) groups is 1. The van der Waals surface area contributed by atoms with E-state index in [0.29, 0.717) is 5.78 Å². The first-order valence-corrected chi connectivity index (χ1v) is 18.9. The highest BCUT2D eigenvalue weighted by molar-refractivity contribution is 5.97. The fourth-order valence-electron chi connectivity index (χ4n) is 7.43. The first-order chi connectivity index (χ1) is 23.8. The number of hydrogen-bond donors (Lipinski definition) is 0. The van der Waals surface area contributed by atoms with E-state index in [-0.39, 0.29) is 11.8 Å². The first-order valence-electron chi connectivity index (χ1n) is 18.9. The fourth-order valence-corrected chi connectivity index (χ4v) is 7.43. The van der Waals surface area contributed by atoms with Crippen LogP contribution in [0.25, 0.3) is 11.6 Å². The van der Waals surface area contributed by atoms with E-state index in [1.807, 2.05) is 13.3 Å². The summed E-state index contributed by atoms with van der Waals surface area (Å²) >= 11 is 0. The molecule has 0 atom stereocenters. The van der Waals surface area contributed by atoms with Crippen molar-refractivity contribution in [3.63, 3.8) is 0 Å². The summed E-state index contributed by atoms with van der Waals surface area (Å²) in [6.07, 6.45) is 30.4. The minimum absolute atomic E-state index is 0.0920. The molecule has 260 valence electrons. The van der Waals surface area contributed by atoms with Crippen LogP contribution in [0.2, 0.25) is 0 Å². The van der Waals surface area contributed by atoms with Gasteiger partial charge in [0.25, 0.3) is 0 Å². The van der Waals surface area contributed by atoms with Gasteiger partial charge in [-0.2, -0.15) is 5.26 Å². The summed E-state index contributed by atoms with van der Waals surface area (Å²) in [4.78, 5) is 20.1. The number of hydrogen-bond acceptors (Lipinski definition) is 4. The van der Waals surface area contributed by atoms with Crippen LogP contribution < -0.4 is 0 Å². The number of ketones is 1. The summed E-state index contributed by atoms with van der Waals surface area (Å²) in [6.45, 7) is 13.1. The molecule has 0 aromatic heterocycles. The van der Waals surface area contributed by atoms with E-state index in [4.69, 9.17) is 0 Å². The average molecular weight is 658 g/mol. The third kappa shape index (κ3) is 11.6. The van der Waals surface area contributed by atoms with Crippen molar-refractivity contribution in [1.29, 1.82) is 5.26 Å². The van der Waals surface area contributed by atoms with Crippen LogP contribution in [0.5, 0.6) is 0 Å². The van der Waals surface area contributed by atoms with Crippen LogP contribution in [-0.4, -0.2) is 37.0 Å². The largest absolute Gasteiger partial charge is 0.371 e. The van der Waals surface area contributed by atoms with Gasteiger partial charge in [0, 0.05) is 49.5 Å². The Balaban J connectivity index is 1.41. The lowest BCUT2D eigenvalue weighted by Crippen LogP contribution is -2.29. The van der Waals surface area contributed by atoms with Gasteiger partial charge in [-0.05, 0) is 123 Å². The van der Waals surface area contributed by atoms with Gasteiger partial charge in [-0.25, -0.2) is 0 Å². The average Bonchev–Trinajstić information content (AvgIpc) is 3.09. The van der Waals surface area contributed by atoms with E-state index >= 15 is 0 Å². The molecule has 49 heavy (non-hydrogen) atoms. The van der Waals surface area contributed by atoms with Crippen molar-refractivity contribution >= 4 is 23.6 Å². The van der Waals surface area contributed by atoms with Gasteiger partial charge in [0.15, 0.2) is 5.78 Å². The molecule has 1 heterocycles. The number of carbonyl (C=O) groups excluding carboxylic acids is 1. The Hall–Kier alpha value is -3.97. The van der Waals surface area contributed by atoms with E-state index in [2.05, 4.69) is 110 Å². The minimum Gasteiger partial charge on any atom is -0.371 e. The van der Waals surface area contributed by atoms with Gasteiger partial charge in [0.1, 0.15) is 0 Å². The topological polar surface area (TPSA) is 56.5 Å². The lowest BCUT2D eigenvalue weighted by atomic mass is 9.78. The molecular weight excluding hydrogens is 599 g/mol. The molecular formula is C45H59N3O. The van der Waals surface area contributed by atoms with Crippen LogP contribution >= 0.6 is 0 Å². The maximum Gasteiger partial charge on any atom is 0.161 e. The molecule has 0 spiro atoms. The summed E-state index contributed by atoms with van der Waals surface area (Å²) in [5, 5.41) is 9.25. The lowest BCUT2D eigenvalue weighted by molar-refractivity contribution is -0.120. The van der Waals surface area contributed by atoms with Crippen LogP contribution in [-0.2, 0) is 4.79 Å². The second-order valence-electron chi connectivity index (χ2n) is 14.4. The van der Waals surface area contributed by atoms with Crippen molar-refractivity contribution < 1.29 is 4.79 Å². The quantitative estimate of drug-likeness (QED) is 0.114. The van der Waals surface area contributed by atoms with Gasteiger partial charge >= 0.3 is 0 Å². The van der Waals surface area contributed by atoms with Gasteiger partial charge in [-0.1, -0.05) is 94.0 Å². The molecule has 1 fully saturated rings. The van der Waals surface area contributed by atoms with Gasteiger partial charge in [0.05, 0.1) is 6.07 Å². The maximum atomic E-state index is 13.4. The summed E-state index contributed by atoms with van der Waals surface area (Å²) in [6, 6.07) is 11.3. The molecule has 1 aliphatic heterocycles. The zero-order chi connectivity index (χ0) is 35.0. The molecule has 1 aromatic carbocycles. The van der Waals surface area contributed by atoms with Crippen molar-refractivity contribution in [2.75, 3.05) is 20.1 Å². The monoisotopic (exact) mass is 657 g/mol. The van der Waals surface area contributed by atoms with E-state index in [1.165, 1.54) is 41.5 Å². The molecule has 0 unspecified atom stereocenters. The SMILES string of the molecule is C=C1CC=C(c2ccc(/C=C/CC/C=C(\CCC)CC(C)C)cc2)C=C1/C(=C\C=NC)N1CC/C=C(\C(=O)C2CCC(C#N)CC2)CCC1. The van der Waals surface area contributed by atoms with Crippen LogP contribution in [0.1, 0.15) is 115 Å². The Kier molecular flexibility index (Phi) is 15.4. The third-order valence-electron chi connectivity index (χ3n) is 10.1. The lowest BCUT2D eigenvalue weighted by Gasteiger charge is -2.32. The summed E-state index contributed by atoms with van der Waals surface area (Å²) in [5.41, 5.74) is 9.73. The van der Waals surface area contributed by atoms with Crippen LogP contribution in [0.4, 0.5) is 0 Å². The highest BCUT2D eigenvalue weighted by atomic mass is 16.1. The summed E-state index contributed by atoms with van der Waals surface area (Å²) in [7, 11) is 1.81. The molecule has 1 saturated carbocycles. The molecule has 2 aliphatic carbocycles. The first kappa shape index (κ1) is 37.8. The van der Waals surface area contributed by atoms with Gasteiger partial charge in [-0.3, -0.25) is 9.79 Å². The minimum atomic E-state index is 0.0920. The third-order valence-corrected chi connectivity index (χ3v) is 10.1. The predicted molar refractivity (Wildman–Crippen MR) is 209 cm³/mol. The van der Waals surface area contributed by atoms with Gasteiger partial charge < -0.3 is 4.90 Å². The Morgan fingerprint density at radius 2 is 1.88 bits per heavy atom. The van der Waals surface area contributed by atoms with E-state index in [1.54, 1.807) is 5.57 Å². The molecule has 1 aromatic rings. The fraction of sp³-hybridized carbons (Fsp3) is 0.489. The number of rotatable bonds is 14. The highest BCUT2D eigenvalue weighted by Crippen LogP contribution is 2.35. The normalized spacial score (nSPS) is 22.4. The molecule has 4 rings (SSSR count). The molecule has 4 heteroatoms. The zero-order valence-electron chi connectivity index (χ0n) is 30.7. The summed E-state index contributed by atoms with van der Waals surface area (Å²) in [5.74, 6) is 1.26. The molecule has 0 amide bonds. The molecule has 0 radical (unpaired) electrons. The van der Waals surface area contributed by atoms with Gasteiger partial charge in [0.2, 0.25) is 0 Å². The van der Waals surface area contributed by atoms with Crippen molar-refractivity contribution in [1.82, 2.24) is 4.90 Å². The molecule has 4 nitrogen and oxygen atoms in total. The number of Topliss-reactive ketones (excluding diaryl/α,β-unsaturated/α-hetero) is 1. The van der Waals surface area contributed by atoms with E-state index in [9.17, 15) is 10.1 Å². The van der Waals surface area contributed by atoms with Crippen molar-refractivity contribution in [2.45, 2.75) is 104 Å². The number of nitrogens with zero attached hydrogens (tertiary/aromatic N) is 3.